The number of fused-ring (bicyclic) bond motifs is 2. The van der Waals surface area contributed by atoms with Crippen LogP contribution in [-0.2, 0) is 4.79 Å². The van der Waals surface area contributed by atoms with Crippen molar-refractivity contribution < 1.29 is 9.53 Å². The van der Waals surface area contributed by atoms with Crippen LogP contribution in [0.1, 0.15) is 5.56 Å². The fourth-order valence-corrected chi connectivity index (χ4v) is 1.90. The lowest BCUT2D eigenvalue weighted by Gasteiger charge is -2.21. The topological polar surface area (TPSA) is 26.3 Å². The zero-order chi connectivity index (χ0) is 11.0. The van der Waals surface area contributed by atoms with E-state index in [4.69, 9.17) is 4.74 Å². The first-order chi connectivity index (χ1) is 7.86. The Morgan fingerprint density at radius 3 is 3.00 bits per heavy atom. The molecule has 2 nitrogen and oxygen atoms in total. The number of ether oxygens (including phenoxy) is 1. The van der Waals surface area contributed by atoms with Crippen LogP contribution < -0.4 is 4.74 Å². The Balaban J connectivity index is 2.08. The summed E-state index contributed by atoms with van der Waals surface area (Å²) in [5, 5.41) is 0. The highest BCUT2D eigenvalue weighted by atomic mass is 16.5. The molecule has 0 N–H and O–H groups in total. The van der Waals surface area contributed by atoms with Gasteiger partial charge in [0, 0.05) is 11.1 Å². The van der Waals surface area contributed by atoms with Gasteiger partial charge in [-0.1, -0.05) is 30.4 Å². The van der Waals surface area contributed by atoms with Gasteiger partial charge >= 0.3 is 0 Å². The quantitative estimate of drug-likeness (QED) is 0.666. The second kappa shape index (κ2) is 3.49. The van der Waals surface area contributed by atoms with Crippen LogP contribution in [0.15, 0.2) is 53.8 Å². The molecule has 0 amide bonds. The van der Waals surface area contributed by atoms with Crippen molar-refractivity contribution in [2.45, 2.75) is 0 Å². The molecule has 1 aliphatic carbocycles. The van der Waals surface area contributed by atoms with Gasteiger partial charge in [-0.3, -0.25) is 0 Å². The highest BCUT2D eigenvalue weighted by Crippen LogP contribution is 2.34. The molecule has 0 saturated heterocycles. The van der Waals surface area contributed by atoms with Gasteiger partial charge in [0.25, 0.3) is 0 Å². The van der Waals surface area contributed by atoms with Gasteiger partial charge in [0.15, 0.2) is 0 Å². The lowest BCUT2D eigenvalue weighted by atomic mass is 9.96. The fourth-order valence-electron chi connectivity index (χ4n) is 1.90. The number of hydrogen-bond donors (Lipinski definition) is 0. The van der Waals surface area contributed by atoms with Crippen LogP contribution in [0.5, 0.6) is 5.75 Å². The minimum absolute atomic E-state index is 0.169. The average molecular weight is 210 g/mol. The van der Waals surface area contributed by atoms with Crippen LogP contribution in [0, 0.1) is 5.92 Å². The van der Waals surface area contributed by atoms with E-state index in [1.807, 2.05) is 42.5 Å². The molecular weight excluding hydrogens is 200 g/mol. The molecule has 0 bridgehead atoms. The normalized spacial score (nSPS) is 21.1. The van der Waals surface area contributed by atoms with Crippen molar-refractivity contribution in [3.63, 3.8) is 0 Å². The minimum atomic E-state index is -0.169. The molecule has 1 atom stereocenters. The predicted octanol–water partition coefficient (Wildman–Crippen LogP) is 2.73. The first kappa shape index (κ1) is 9.16. The maximum absolute atomic E-state index is 10.7. The Labute approximate surface area is 93.5 Å². The van der Waals surface area contributed by atoms with Crippen LogP contribution in [-0.4, -0.2) is 6.29 Å². The van der Waals surface area contributed by atoms with E-state index in [-0.39, 0.29) is 5.92 Å². The van der Waals surface area contributed by atoms with Crippen molar-refractivity contribution in [1.29, 1.82) is 0 Å². The smallest absolute Gasteiger partial charge is 0.134 e. The third kappa shape index (κ3) is 1.39. The van der Waals surface area contributed by atoms with Gasteiger partial charge in [0.05, 0.1) is 5.92 Å². The molecule has 3 rings (SSSR count). The molecule has 0 saturated carbocycles. The van der Waals surface area contributed by atoms with E-state index >= 15 is 0 Å². The minimum Gasteiger partial charge on any atom is -0.456 e. The number of carbonyl (C=O) groups excluding carboxylic acids is 1. The molecule has 0 radical (unpaired) electrons. The second-order valence-corrected chi connectivity index (χ2v) is 3.84. The number of rotatable bonds is 1. The van der Waals surface area contributed by atoms with E-state index in [9.17, 15) is 4.79 Å². The van der Waals surface area contributed by atoms with Crippen molar-refractivity contribution in [3.8, 4) is 5.75 Å². The van der Waals surface area contributed by atoms with Crippen molar-refractivity contribution >= 4 is 12.4 Å². The fraction of sp³-hybridized carbons (Fsp3) is 0.0714. The number of aldehydes is 1. The van der Waals surface area contributed by atoms with Gasteiger partial charge in [0.2, 0.25) is 0 Å². The number of para-hydroxylation sites is 1. The Morgan fingerprint density at radius 2 is 2.12 bits per heavy atom. The van der Waals surface area contributed by atoms with Crippen LogP contribution in [0.4, 0.5) is 0 Å². The second-order valence-electron chi connectivity index (χ2n) is 3.84. The summed E-state index contributed by atoms with van der Waals surface area (Å²) in [5.41, 5.74) is 2.10. The van der Waals surface area contributed by atoms with Crippen molar-refractivity contribution in [2.75, 3.05) is 0 Å². The summed E-state index contributed by atoms with van der Waals surface area (Å²) in [5.74, 6) is 1.45. The first-order valence-electron chi connectivity index (χ1n) is 5.21. The van der Waals surface area contributed by atoms with E-state index in [1.54, 1.807) is 0 Å². The third-order valence-electron chi connectivity index (χ3n) is 2.73. The Bertz CT molecular complexity index is 535. The van der Waals surface area contributed by atoms with Gasteiger partial charge in [-0.05, 0) is 18.2 Å². The van der Waals surface area contributed by atoms with E-state index < -0.39 is 0 Å². The zero-order valence-corrected chi connectivity index (χ0v) is 8.59. The Morgan fingerprint density at radius 1 is 1.25 bits per heavy atom. The summed E-state index contributed by atoms with van der Waals surface area (Å²) in [4.78, 5) is 10.7. The Hall–Kier alpha value is -2.09. The number of benzene rings is 1. The largest absolute Gasteiger partial charge is 0.456 e. The molecule has 0 spiro atoms. The standard InChI is InChI=1S/C14H10O2/c15-9-10-5-6-12-8-11-3-1-2-4-13(11)16-14(12)7-10/h1-10H. The van der Waals surface area contributed by atoms with Gasteiger partial charge < -0.3 is 9.53 Å². The molecule has 1 heterocycles. The van der Waals surface area contributed by atoms with Gasteiger partial charge in [0.1, 0.15) is 17.8 Å². The monoisotopic (exact) mass is 210 g/mol. The van der Waals surface area contributed by atoms with Gasteiger partial charge in [-0.2, -0.15) is 0 Å². The molecule has 2 heteroatoms. The van der Waals surface area contributed by atoms with Crippen molar-refractivity contribution in [3.05, 3.63) is 59.4 Å². The molecule has 1 aromatic carbocycles. The first-order valence-corrected chi connectivity index (χ1v) is 5.21. The summed E-state index contributed by atoms with van der Waals surface area (Å²) in [6.45, 7) is 0. The lowest BCUT2D eigenvalue weighted by molar-refractivity contribution is -0.109. The van der Waals surface area contributed by atoms with Crippen LogP contribution >= 0.6 is 0 Å². The maximum Gasteiger partial charge on any atom is 0.134 e. The summed E-state index contributed by atoms with van der Waals surface area (Å²) in [6, 6.07) is 7.86. The summed E-state index contributed by atoms with van der Waals surface area (Å²) in [7, 11) is 0. The predicted molar refractivity (Wildman–Crippen MR) is 61.8 cm³/mol. The van der Waals surface area contributed by atoms with E-state index in [1.165, 1.54) is 0 Å². The van der Waals surface area contributed by atoms with Gasteiger partial charge in [-0.25, -0.2) is 0 Å². The van der Waals surface area contributed by atoms with Crippen molar-refractivity contribution in [2.24, 2.45) is 5.92 Å². The van der Waals surface area contributed by atoms with Crippen LogP contribution in [0.2, 0.25) is 0 Å². The number of allylic oxidation sites excluding steroid dienone is 3. The SMILES string of the molecule is O=CC1C=CC2=Cc3ccccc3OC2=C1. The van der Waals surface area contributed by atoms with Crippen LogP contribution in [0.25, 0.3) is 6.08 Å². The molecule has 1 aromatic rings. The van der Waals surface area contributed by atoms with Crippen LogP contribution in [0.3, 0.4) is 0 Å². The van der Waals surface area contributed by atoms with E-state index in [0.29, 0.717) is 0 Å². The summed E-state index contributed by atoms with van der Waals surface area (Å²) < 4.78 is 5.75. The van der Waals surface area contributed by atoms with E-state index in [2.05, 4.69) is 6.08 Å². The van der Waals surface area contributed by atoms with E-state index in [0.717, 1.165) is 28.9 Å². The molecule has 16 heavy (non-hydrogen) atoms. The summed E-state index contributed by atoms with van der Waals surface area (Å²) >= 11 is 0. The summed E-state index contributed by atoms with van der Waals surface area (Å²) in [6.07, 6.45) is 8.63. The lowest BCUT2D eigenvalue weighted by Crippen LogP contribution is -2.10. The highest BCUT2D eigenvalue weighted by Gasteiger charge is 2.19. The molecule has 2 aliphatic rings. The maximum atomic E-state index is 10.7. The molecule has 0 aromatic heterocycles. The Kier molecular flexibility index (Phi) is 2.00. The molecular formula is C14H10O2. The number of hydrogen-bond acceptors (Lipinski definition) is 2. The number of carbonyl (C=O) groups is 1. The highest BCUT2D eigenvalue weighted by molar-refractivity contribution is 5.72. The average Bonchev–Trinajstić information content (AvgIpc) is 2.35. The molecule has 1 unspecified atom stereocenters. The molecule has 78 valence electrons. The third-order valence-corrected chi connectivity index (χ3v) is 2.73. The zero-order valence-electron chi connectivity index (χ0n) is 8.59. The molecule has 0 fully saturated rings. The molecule has 1 aliphatic heterocycles. The van der Waals surface area contributed by atoms with Gasteiger partial charge in [-0.15, -0.1) is 0 Å². The van der Waals surface area contributed by atoms with Crippen molar-refractivity contribution in [1.82, 2.24) is 0 Å².